The fourth-order valence-corrected chi connectivity index (χ4v) is 4.74. The quantitative estimate of drug-likeness (QED) is 0.598. The SMILES string of the molecule is CC(C)c1ncc(CN2CC[C@@H](c3cc(C(=O)N4CCOCC4)c4ccccc4n3)C2)cn1. The summed E-state index contributed by atoms with van der Waals surface area (Å²) >= 11 is 0. The molecule has 0 aliphatic carbocycles. The number of fused-ring (bicyclic) bond motifs is 1. The Hall–Kier alpha value is -2.90. The minimum absolute atomic E-state index is 0.0791. The Balaban J connectivity index is 1.36. The van der Waals surface area contributed by atoms with E-state index in [-0.39, 0.29) is 5.91 Å². The molecule has 0 N–H and O–H groups in total. The summed E-state index contributed by atoms with van der Waals surface area (Å²) in [5.41, 5.74) is 3.80. The topological polar surface area (TPSA) is 71.5 Å². The van der Waals surface area contributed by atoms with E-state index in [1.807, 2.05) is 47.6 Å². The number of hydrogen-bond donors (Lipinski definition) is 0. The largest absolute Gasteiger partial charge is 0.378 e. The molecular weight excluding hydrogens is 414 g/mol. The van der Waals surface area contributed by atoms with Crippen LogP contribution in [-0.2, 0) is 11.3 Å². The normalized spacial score (nSPS) is 19.5. The van der Waals surface area contributed by atoms with Crippen LogP contribution in [0, 0.1) is 0 Å². The summed E-state index contributed by atoms with van der Waals surface area (Å²) in [5, 5.41) is 0.926. The van der Waals surface area contributed by atoms with Gasteiger partial charge in [0, 0.05) is 67.1 Å². The number of carbonyl (C=O) groups is 1. The Morgan fingerprint density at radius 1 is 1.12 bits per heavy atom. The molecule has 0 bridgehead atoms. The molecular formula is C26H31N5O2. The van der Waals surface area contributed by atoms with E-state index in [0.717, 1.165) is 59.6 Å². The molecule has 2 aliphatic heterocycles. The molecule has 172 valence electrons. The molecule has 0 radical (unpaired) electrons. The summed E-state index contributed by atoms with van der Waals surface area (Å²) in [4.78, 5) is 31.7. The number of morpholine rings is 1. The predicted octanol–water partition coefficient (Wildman–Crippen LogP) is 3.61. The average Bonchev–Trinajstić information content (AvgIpc) is 3.32. The molecule has 2 aromatic heterocycles. The maximum absolute atomic E-state index is 13.4. The van der Waals surface area contributed by atoms with Gasteiger partial charge in [0.05, 0.1) is 24.3 Å². The molecule has 7 heteroatoms. The Bertz CT molecular complexity index is 1130. The van der Waals surface area contributed by atoms with Crippen molar-refractivity contribution in [3.63, 3.8) is 0 Å². The summed E-state index contributed by atoms with van der Waals surface area (Å²) in [6.45, 7) is 9.44. The van der Waals surface area contributed by atoms with Crippen molar-refractivity contribution in [2.24, 2.45) is 0 Å². The Morgan fingerprint density at radius 2 is 1.88 bits per heavy atom. The first-order valence-corrected chi connectivity index (χ1v) is 11.9. The van der Waals surface area contributed by atoms with Crippen LogP contribution >= 0.6 is 0 Å². The highest BCUT2D eigenvalue weighted by Gasteiger charge is 2.28. The second-order valence-electron chi connectivity index (χ2n) is 9.34. The highest BCUT2D eigenvalue weighted by atomic mass is 16.5. The molecule has 33 heavy (non-hydrogen) atoms. The van der Waals surface area contributed by atoms with Crippen LogP contribution < -0.4 is 0 Å². The fourth-order valence-electron chi connectivity index (χ4n) is 4.74. The first-order valence-electron chi connectivity index (χ1n) is 11.9. The van der Waals surface area contributed by atoms with E-state index < -0.39 is 0 Å². The van der Waals surface area contributed by atoms with Gasteiger partial charge < -0.3 is 9.64 Å². The molecule has 2 fully saturated rings. The third kappa shape index (κ3) is 4.75. The second kappa shape index (κ2) is 9.53. The van der Waals surface area contributed by atoms with Crippen molar-refractivity contribution >= 4 is 16.8 Å². The highest BCUT2D eigenvalue weighted by Crippen LogP contribution is 2.30. The van der Waals surface area contributed by atoms with Gasteiger partial charge in [0.1, 0.15) is 5.82 Å². The zero-order valence-electron chi connectivity index (χ0n) is 19.4. The average molecular weight is 446 g/mol. The lowest BCUT2D eigenvalue weighted by molar-refractivity contribution is 0.0304. The van der Waals surface area contributed by atoms with Crippen molar-refractivity contribution < 1.29 is 9.53 Å². The van der Waals surface area contributed by atoms with Crippen LogP contribution in [0.15, 0.2) is 42.7 Å². The molecule has 1 aromatic carbocycles. The standard InChI is InChI=1S/C26H31N5O2/c1-18(2)25-27-14-19(15-28-25)16-30-8-7-20(17-30)24-13-22(21-5-3-4-6-23(21)29-24)26(32)31-9-11-33-12-10-31/h3-6,13-15,18,20H,7-12,16-17H2,1-2H3/t20-/m1/s1. The van der Waals surface area contributed by atoms with E-state index in [4.69, 9.17) is 9.72 Å². The maximum atomic E-state index is 13.4. The molecule has 1 atom stereocenters. The number of ether oxygens (including phenoxy) is 1. The van der Waals surface area contributed by atoms with Crippen LogP contribution in [0.4, 0.5) is 0 Å². The third-order valence-electron chi connectivity index (χ3n) is 6.60. The highest BCUT2D eigenvalue weighted by molar-refractivity contribution is 6.06. The second-order valence-corrected chi connectivity index (χ2v) is 9.34. The molecule has 0 saturated carbocycles. The number of pyridine rings is 1. The summed E-state index contributed by atoms with van der Waals surface area (Å²) in [6.07, 6.45) is 4.92. The molecule has 3 aromatic rings. The van der Waals surface area contributed by atoms with Crippen LogP contribution in [0.1, 0.15) is 59.5 Å². The van der Waals surface area contributed by atoms with Gasteiger partial charge in [0.2, 0.25) is 0 Å². The lowest BCUT2D eigenvalue weighted by Crippen LogP contribution is -2.40. The molecule has 4 heterocycles. The van der Waals surface area contributed by atoms with Crippen molar-refractivity contribution in [3.05, 3.63) is 65.4 Å². The van der Waals surface area contributed by atoms with E-state index in [2.05, 4.69) is 28.7 Å². The van der Waals surface area contributed by atoms with Crippen LogP contribution in [0.3, 0.4) is 0 Å². The zero-order valence-corrected chi connectivity index (χ0v) is 19.4. The first-order chi connectivity index (χ1) is 16.1. The van der Waals surface area contributed by atoms with Crippen LogP contribution in [0.2, 0.25) is 0 Å². The summed E-state index contributed by atoms with van der Waals surface area (Å²) < 4.78 is 5.44. The minimum Gasteiger partial charge on any atom is -0.378 e. The van der Waals surface area contributed by atoms with Crippen LogP contribution in [0.5, 0.6) is 0 Å². The van der Waals surface area contributed by atoms with E-state index in [0.29, 0.717) is 38.1 Å². The van der Waals surface area contributed by atoms with E-state index >= 15 is 0 Å². The predicted molar refractivity (Wildman–Crippen MR) is 127 cm³/mol. The number of hydrogen-bond acceptors (Lipinski definition) is 6. The first kappa shape index (κ1) is 21.9. The number of benzene rings is 1. The molecule has 2 saturated heterocycles. The van der Waals surface area contributed by atoms with Gasteiger partial charge in [-0.25, -0.2) is 9.97 Å². The van der Waals surface area contributed by atoms with Gasteiger partial charge in [-0.3, -0.25) is 14.7 Å². The molecule has 0 unspecified atom stereocenters. The maximum Gasteiger partial charge on any atom is 0.254 e. The number of carbonyl (C=O) groups excluding carboxylic acids is 1. The van der Waals surface area contributed by atoms with Gasteiger partial charge in [0.25, 0.3) is 5.91 Å². The van der Waals surface area contributed by atoms with Gasteiger partial charge in [-0.15, -0.1) is 0 Å². The Labute approximate surface area is 194 Å². The number of aromatic nitrogens is 3. The fraction of sp³-hybridized carbons (Fsp3) is 0.462. The van der Waals surface area contributed by atoms with E-state index in [1.165, 1.54) is 0 Å². The van der Waals surface area contributed by atoms with Crippen molar-refractivity contribution in [3.8, 4) is 0 Å². The van der Waals surface area contributed by atoms with Gasteiger partial charge in [-0.05, 0) is 25.1 Å². The van der Waals surface area contributed by atoms with Crippen molar-refractivity contribution in [2.45, 2.75) is 38.6 Å². The summed E-state index contributed by atoms with van der Waals surface area (Å²) in [5.74, 6) is 1.61. The zero-order chi connectivity index (χ0) is 22.8. The number of likely N-dealkylation sites (tertiary alicyclic amines) is 1. The number of nitrogens with zero attached hydrogens (tertiary/aromatic N) is 5. The monoisotopic (exact) mass is 445 g/mol. The minimum atomic E-state index is 0.0791. The van der Waals surface area contributed by atoms with Crippen molar-refractivity contribution in [2.75, 3.05) is 39.4 Å². The van der Waals surface area contributed by atoms with E-state index in [1.54, 1.807) is 0 Å². The Morgan fingerprint density at radius 3 is 2.64 bits per heavy atom. The molecule has 1 amide bonds. The van der Waals surface area contributed by atoms with Gasteiger partial charge in [0.15, 0.2) is 0 Å². The van der Waals surface area contributed by atoms with Crippen LogP contribution in [0.25, 0.3) is 10.9 Å². The van der Waals surface area contributed by atoms with Crippen LogP contribution in [-0.4, -0.2) is 70.1 Å². The molecule has 7 nitrogen and oxygen atoms in total. The van der Waals surface area contributed by atoms with Gasteiger partial charge in [-0.1, -0.05) is 32.0 Å². The smallest absolute Gasteiger partial charge is 0.254 e. The third-order valence-corrected chi connectivity index (χ3v) is 6.60. The lowest BCUT2D eigenvalue weighted by atomic mass is 9.99. The number of rotatable bonds is 5. The van der Waals surface area contributed by atoms with Gasteiger partial charge >= 0.3 is 0 Å². The molecule has 0 spiro atoms. The van der Waals surface area contributed by atoms with E-state index in [9.17, 15) is 4.79 Å². The summed E-state index contributed by atoms with van der Waals surface area (Å²) in [7, 11) is 0. The molecule has 2 aliphatic rings. The number of para-hydroxylation sites is 1. The van der Waals surface area contributed by atoms with Crippen molar-refractivity contribution in [1.82, 2.24) is 24.8 Å². The Kier molecular flexibility index (Phi) is 6.33. The molecule has 5 rings (SSSR count). The summed E-state index contributed by atoms with van der Waals surface area (Å²) in [6, 6.07) is 10.0. The van der Waals surface area contributed by atoms with Gasteiger partial charge in [-0.2, -0.15) is 0 Å². The lowest BCUT2D eigenvalue weighted by Gasteiger charge is -2.27. The van der Waals surface area contributed by atoms with Crippen molar-refractivity contribution in [1.29, 1.82) is 0 Å². The number of amides is 1.